The van der Waals surface area contributed by atoms with E-state index in [2.05, 4.69) is 35.2 Å². The second kappa shape index (κ2) is 12.3. The third kappa shape index (κ3) is 8.18. The molecule has 0 saturated carbocycles. The number of rotatable bonds is 10. The summed E-state index contributed by atoms with van der Waals surface area (Å²) in [5.74, 6) is 0.933. The average Bonchev–Trinajstić information content (AvgIpc) is 3.03. The Labute approximate surface area is 186 Å². The maximum absolute atomic E-state index is 12.6. The molecule has 166 valence electrons. The number of benzene rings is 2. The van der Waals surface area contributed by atoms with E-state index in [-0.39, 0.29) is 18.3 Å². The molecule has 0 aromatic heterocycles. The number of nitrogens with zero attached hydrogens (tertiary/aromatic N) is 2. The summed E-state index contributed by atoms with van der Waals surface area (Å²) in [6.45, 7) is 6.27. The van der Waals surface area contributed by atoms with Gasteiger partial charge in [0, 0.05) is 26.1 Å². The molecule has 1 fully saturated rings. The highest BCUT2D eigenvalue weighted by Crippen LogP contribution is 2.14. The van der Waals surface area contributed by atoms with Crippen molar-refractivity contribution in [1.29, 1.82) is 0 Å². The number of ketones is 1. The lowest BCUT2D eigenvalue weighted by atomic mass is 10.1. The molecule has 0 aliphatic carbocycles. The summed E-state index contributed by atoms with van der Waals surface area (Å²) in [6, 6.07) is 18.3. The molecule has 3 rings (SSSR count). The molecule has 2 aromatic carbocycles. The van der Waals surface area contributed by atoms with Gasteiger partial charge in [-0.15, -0.1) is 0 Å². The van der Waals surface area contributed by atoms with Crippen LogP contribution in [0.5, 0.6) is 5.75 Å². The van der Waals surface area contributed by atoms with E-state index in [1.54, 1.807) is 6.92 Å². The van der Waals surface area contributed by atoms with Crippen LogP contribution in [-0.4, -0.2) is 60.8 Å². The molecule has 0 bridgehead atoms. The van der Waals surface area contributed by atoms with Crippen molar-refractivity contribution in [3.8, 4) is 5.75 Å². The number of hydrogen-bond acceptors (Lipinski definition) is 4. The minimum atomic E-state index is 0.0480. The normalized spacial score (nSPS) is 14.8. The first-order chi connectivity index (χ1) is 15.1. The number of amides is 1. The van der Waals surface area contributed by atoms with E-state index >= 15 is 0 Å². The van der Waals surface area contributed by atoms with Crippen LogP contribution in [0.4, 0.5) is 0 Å². The Balaban J connectivity index is 1.36. The van der Waals surface area contributed by atoms with Crippen molar-refractivity contribution in [2.45, 2.75) is 39.0 Å². The highest BCUT2D eigenvalue weighted by molar-refractivity contribution is 5.77. The van der Waals surface area contributed by atoms with Crippen molar-refractivity contribution in [3.05, 3.63) is 65.7 Å². The molecule has 1 aliphatic rings. The van der Waals surface area contributed by atoms with Crippen molar-refractivity contribution in [2.24, 2.45) is 0 Å². The highest BCUT2D eigenvalue weighted by atomic mass is 16.5. The molecule has 1 aliphatic heterocycles. The monoisotopic (exact) mass is 422 g/mol. The van der Waals surface area contributed by atoms with E-state index in [0.29, 0.717) is 12.2 Å². The van der Waals surface area contributed by atoms with E-state index in [1.807, 2.05) is 29.2 Å². The molecule has 0 spiro atoms. The number of carbonyl (C=O) groups is 2. The van der Waals surface area contributed by atoms with Gasteiger partial charge in [-0.05, 0) is 69.0 Å². The number of ether oxygens (including phenoxy) is 1. The van der Waals surface area contributed by atoms with Crippen LogP contribution in [0, 0.1) is 0 Å². The van der Waals surface area contributed by atoms with Crippen LogP contribution in [0.25, 0.3) is 0 Å². The van der Waals surface area contributed by atoms with Crippen molar-refractivity contribution < 1.29 is 14.3 Å². The average molecular weight is 423 g/mol. The quantitative estimate of drug-likeness (QED) is 0.585. The third-order valence-corrected chi connectivity index (χ3v) is 5.78. The van der Waals surface area contributed by atoms with E-state index in [4.69, 9.17) is 4.74 Å². The zero-order valence-electron chi connectivity index (χ0n) is 18.6. The van der Waals surface area contributed by atoms with Crippen LogP contribution in [0.15, 0.2) is 54.6 Å². The molecule has 5 heteroatoms. The smallest absolute Gasteiger partial charge is 0.260 e. The standard InChI is InChI=1S/C26H34N2O3/c1-22(29)10-11-24-12-14-25(15-13-24)31-21-26(30)28-18-6-17-27(19-20-28)16-5-9-23-7-3-2-4-8-23/h2-4,7-8,12-15H,5-6,9-11,16-21H2,1H3. The van der Waals surface area contributed by atoms with E-state index in [0.717, 1.165) is 64.0 Å². The molecular formula is C26H34N2O3. The molecule has 1 saturated heterocycles. The first-order valence-electron chi connectivity index (χ1n) is 11.4. The first-order valence-corrected chi connectivity index (χ1v) is 11.4. The van der Waals surface area contributed by atoms with Crippen LogP contribution in [0.1, 0.15) is 37.3 Å². The predicted octanol–water partition coefficient (Wildman–Crippen LogP) is 3.75. The lowest BCUT2D eigenvalue weighted by Crippen LogP contribution is -2.38. The van der Waals surface area contributed by atoms with Crippen molar-refractivity contribution in [3.63, 3.8) is 0 Å². The minimum Gasteiger partial charge on any atom is -0.484 e. The van der Waals surface area contributed by atoms with Gasteiger partial charge in [0.15, 0.2) is 6.61 Å². The SMILES string of the molecule is CC(=O)CCc1ccc(OCC(=O)N2CCCN(CCCc3ccccc3)CC2)cc1. The van der Waals surface area contributed by atoms with Gasteiger partial charge in [0.2, 0.25) is 0 Å². The van der Waals surface area contributed by atoms with Crippen LogP contribution >= 0.6 is 0 Å². The highest BCUT2D eigenvalue weighted by Gasteiger charge is 2.19. The van der Waals surface area contributed by atoms with E-state index in [9.17, 15) is 9.59 Å². The largest absolute Gasteiger partial charge is 0.484 e. The number of hydrogen-bond donors (Lipinski definition) is 0. The molecule has 2 aromatic rings. The summed E-state index contributed by atoms with van der Waals surface area (Å²) in [6.07, 6.45) is 4.54. The van der Waals surface area contributed by atoms with E-state index < -0.39 is 0 Å². The topological polar surface area (TPSA) is 49.9 Å². The third-order valence-electron chi connectivity index (χ3n) is 5.78. The summed E-state index contributed by atoms with van der Waals surface area (Å²) in [5.41, 5.74) is 2.49. The van der Waals surface area contributed by atoms with Gasteiger partial charge in [0.05, 0.1) is 0 Å². The Hall–Kier alpha value is -2.66. The molecule has 31 heavy (non-hydrogen) atoms. The Bertz CT molecular complexity index is 820. The summed E-state index contributed by atoms with van der Waals surface area (Å²) in [5, 5.41) is 0. The fourth-order valence-corrected chi connectivity index (χ4v) is 3.90. The van der Waals surface area contributed by atoms with Gasteiger partial charge >= 0.3 is 0 Å². The predicted molar refractivity (Wildman–Crippen MR) is 123 cm³/mol. The van der Waals surface area contributed by atoms with Gasteiger partial charge in [-0.25, -0.2) is 0 Å². The van der Waals surface area contributed by atoms with Crippen molar-refractivity contribution in [2.75, 3.05) is 39.3 Å². The number of carbonyl (C=O) groups excluding carboxylic acids is 2. The molecular weight excluding hydrogens is 388 g/mol. The van der Waals surface area contributed by atoms with Gasteiger partial charge in [-0.3, -0.25) is 4.79 Å². The molecule has 0 atom stereocenters. The number of aryl methyl sites for hydroxylation is 2. The van der Waals surface area contributed by atoms with Crippen LogP contribution in [0.3, 0.4) is 0 Å². The molecule has 0 unspecified atom stereocenters. The van der Waals surface area contributed by atoms with E-state index in [1.165, 1.54) is 5.56 Å². The fraction of sp³-hybridized carbons (Fsp3) is 0.462. The molecule has 1 amide bonds. The Morgan fingerprint density at radius 3 is 2.35 bits per heavy atom. The summed E-state index contributed by atoms with van der Waals surface area (Å²) >= 11 is 0. The van der Waals surface area contributed by atoms with Crippen LogP contribution in [0.2, 0.25) is 0 Å². The summed E-state index contributed by atoms with van der Waals surface area (Å²) < 4.78 is 5.71. The Kier molecular flexibility index (Phi) is 9.10. The molecule has 0 N–H and O–H groups in total. The zero-order valence-corrected chi connectivity index (χ0v) is 18.6. The van der Waals surface area contributed by atoms with Gasteiger partial charge in [-0.2, -0.15) is 0 Å². The maximum atomic E-state index is 12.6. The second-order valence-electron chi connectivity index (χ2n) is 8.30. The van der Waals surface area contributed by atoms with Gasteiger partial charge in [-0.1, -0.05) is 42.5 Å². The first kappa shape index (κ1) is 23.0. The number of Topliss-reactive ketones (excluding diaryl/α,β-unsaturated/α-hetero) is 1. The maximum Gasteiger partial charge on any atom is 0.260 e. The lowest BCUT2D eigenvalue weighted by Gasteiger charge is -2.22. The zero-order chi connectivity index (χ0) is 21.9. The summed E-state index contributed by atoms with van der Waals surface area (Å²) in [4.78, 5) is 28.1. The minimum absolute atomic E-state index is 0.0480. The van der Waals surface area contributed by atoms with Crippen LogP contribution < -0.4 is 4.74 Å². The molecule has 1 heterocycles. The van der Waals surface area contributed by atoms with Crippen LogP contribution in [-0.2, 0) is 22.4 Å². The fourth-order valence-electron chi connectivity index (χ4n) is 3.90. The Morgan fingerprint density at radius 1 is 0.871 bits per heavy atom. The van der Waals surface area contributed by atoms with Crippen molar-refractivity contribution in [1.82, 2.24) is 9.80 Å². The van der Waals surface area contributed by atoms with Gasteiger partial charge in [0.25, 0.3) is 5.91 Å². The Morgan fingerprint density at radius 2 is 1.61 bits per heavy atom. The van der Waals surface area contributed by atoms with Crippen molar-refractivity contribution >= 4 is 11.7 Å². The van der Waals surface area contributed by atoms with Gasteiger partial charge in [0.1, 0.15) is 11.5 Å². The summed E-state index contributed by atoms with van der Waals surface area (Å²) in [7, 11) is 0. The molecule has 5 nitrogen and oxygen atoms in total. The second-order valence-corrected chi connectivity index (χ2v) is 8.30. The van der Waals surface area contributed by atoms with Gasteiger partial charge < -0.3 is 19.3 Å². The lowest BCUT2D eigenvalue weighted by molar-refractivity contribution is -0.133. The molecule has 0 radical (unpaired) electrons.